The molecule has 1 aromatic carbocycles. The second kappa shape index (κ2) is 12.3. The number of anilines is 1. The van der Waals surface area contributed by atoms with Crippen LogP contribution in [0.3, 0.4) is 0 Å². The molecule has 0 aliphatic carbocycles. The van der Waals surface area contributed by atoms with Crippen molar-refractivity contribution in [1.82, 2.24) is 10.1 Å². The van der Waals surface area contributed by atoms with E-state index >= 15 is 0 Å². The molecule has 0 bridgehead atoms. The molecule has 3 rings (SSSR count). The Hall–Kier alpha value is -1.80. The maximum atomic E-state index is 10.5. The van der Waals surface area contributed by atoms with Gasteiger partial charge in [-0.2, -0.15) is 11.8 Å². The molecule has 7 heteroatoms. The summed E-state index contributed by atoms with van der Waals surface area (Å²) >= 11 is 1.97. The molecule has 0 unspecified atom stereocenters. The topological polar surface area (TPSA) is 62.0 Å². The summed E-state index contributed by atoms with van der Waals surface area (Å²) in [6.07, 6.45) is 1.14. The number of aliphatic hydroxyl groups is 1. The van der Waals surface area contributed by atoms with Crippen molar-refractivity contribution < 1.29 is 14.4 Å². The highest BCUT2D eigenvalue weighted by Crippen LogP contribution is 2.33. The van der Waals surface area contributed by atoms with E-state index in [1.54, 1.807) is 6.08 Å². The van der Waals surface area contributed by atoms with Gasteiger partial charge in [-0.25, -0.2) is 0 Å². The molecule has 1 fully saturated rings. The zero-order valence-electron chi connectivity index (χ0n) is 18.7. The van der Waals surface area contributed by atoms with E-state index in [-0.39, 0.29) is 0 Å². The maximum Gasteiger partial charge on any atom is 0.232 e. The number of hydrogen-bond donors (Lipinski definition) is 1. The number of thioether (sulfide) groups is 1. The summed E-state index contributed by atoms with van der Waals surface area (Å²) in [5.74, 6) is 3.52. The largest absolute Gasteiger partial charge is 0.389 e. The molecule has 170 valence electrons. The van der Waals surface area contributed by atoms with Gasteiger partial charge in [0.25, 0.3) is 0 Å². The molecule has 0 radical (unpaired) electrons. The first kappa shape index (κ1) is 23.9. The third-order valence-corrected chi connectivity index (χ3v) is 6.08. The van der Waals surface area contributed by atoms with Crippen LogP contribution in [0.4, 0.5) is 5.88 Å². The minimum absolute atomic E-state index is 0.298. The first-order valence-corrected chi connectivity index (χ1v) is 12.2. The number of ether oxygens (including phenoxy) is 1. The van der Waals surface area contributed by atoms with Crippen molar-refractivity contribution in [3.8, 4) is 11.3 Å². The van der Waals surface area contributed by atoms with E-state index in [1.807, 2.05) is 30.0 Å². The highest BCUT2D eigenvalue weighted by Gasteiger charge is 2.26. The molecular weight excluding hydrogens is 410 g/mol. The maximum absolute atomic E-state index is 10.5. The zero-order valence-corrected chi connectivity index (χ0v) is 19.5. The summed E-state index contributed by atoms with van der Waals surface area (Å²) in [5.41, 5.74) is 3.04. The normalized spacial score (nSPS) is 15.6. The van der Waals surface area contributed by atoms with Gasteiger partial charge >= 0.3 is 0 Å². The molecule has 2 heterocycles. The molecule has 0 amide bonds. The molecule has 1 saturated heterocycles. The van der Waals surface area contributed by atoms with Crippen LogP contribution in [-0.2, 0) is 11.3 Å². The summed E-state index contributed by atoms with van der Waals surface area (Å²) in [7, 11) is 0. The molecule has 0 spiro atoms. The Labute approximate surface area is 190 Å². The lowest BCUT2D eigenvalue weighted by atomic mass is 10.1. The molecular formula is C24H35N3O3S. The number of nitrogens with zero attached hydrogens (tertiary/aromatic N) is 3. The van der Waals surface area contributed by atoms with Gasteiger partial charge in [-0.1, -0.05) is 55.4 Å². The van der Waals surface area contributed by atoms with Crippen LogP contribution in [0.1, 0.15) is 19.4 Å². The van der Waals surface area contributed by atoms with Crippen molar-refractivity contribution in [2.75, 3.05) is 55.8 Å². The summed E-state index contributed by atoms with van der Waals surface area (Å²) < 4.78 is 11.4. The Bertz CT molecular complexity index is 791. The molecule has 2 aromatic rings. The number of benzene rings is 1. The van der Waals surface area contributed by atoms with E-state index < -0.39 is 6.10 Å². The van der Waals surface area contributed by atoms with Crippen LogP contribution in [0.2, 0.25) is 0 Å². The van der Waals surface area contributed by atoms with Gasteiger partial charge in [-0.05, 0) is 5.92 Å². The lowest BCUT2D eigenvalue weighted by Crippen LogP contribution is -2.38. The first-order valence-electron chi connectivity index (χ1n) is 11.0. The second-order valence-corrected chi connectivity index (χ2v) is 9.57. The smallest absolute Gasteiger partial charge is 0.232 e. The van der Waals surface area contributed by atoms with Gasteiger partial charge in [-0.15, -0.1) is 6.58 Å². The average Bonchev–Trinajstić information content (AvgIpc) is 3.18. The lowest BCUT2D eigenvalue weighted by Gasteiger charge is -2.29. The molecule has 31 heavy (non-hydrogen) atoms. The van der Waals surface area contributed by atoms with Crippen molar-refractivity contribution in [3.63, 3.8) is 0 Å². The minimum Gasteiger partial charge on any atom is -0.389 e. The third-order valence-electron chi connectivity index (χ3n) is 5.13. The van der Waals surface area contributed by atoms with Gasteiger partial charge in [-0.3, -0.25) is 4.90 Å². The van der Waals surface area contributed by atoms with E-state index in [2.05, 4.69) is 47.5 Å². The number of aliphatic hydroxyl groups excluding tert-OH is 1. The number of aromatic nitrogens is 1. The Morgan fingerprint density at radius 1 is 1.26 bits per heavy atom. The summed E-state index contributed by atoms with van der Waals surface area (Å²) in [6, 6.07) is 10.2. The van der Waals surface area contributed by atoms with Crippen LogP contribution < -0.4 is 4.90 Å². The predicted molar refractivity (Wildman–Crippen MR) is 129 cm³/mol. The Morgan fingerprint density at radius 2 is 2.00 bits per heavy atom. The summed E-state index contributed by atoms with van der Waals surface area (Å²) in [4.78, 5) is 4.59. The van der Waals surface area contributed by atoms with Gasteiger partial charge in [0.15, 0.2) is 0 Å². The van der Waals surface area contributed by atoms with Gasteiger partial charge in [0, 0.05) is 49.8 Å². The standard InChI is InChI=1S/C24H35N3O3S/c1-4-12-29-18-21(28)16-26(15-19(2)3)17-22-23(20-8-6-5-7-9-20)25-30-24(22)27-10-13-31-14-11-27/h4-9,19,21,28H,1,10-18H2,2-3H3/t21-/m0/s1. The third kappa shape index (κ3) is 7.10. The van der Waals surface area contributed by atoms with E-state index in [9.17, 15) is 5.11 Å². The van der Waals surface area contributed by atoms with E-state index in [0.29, 0.717) is 32.2 Å². The predicted octanol–water partition coefficient (Wildman–Crippen LogP) is 3.92. The highest BCUT2D eigenvalue weighted by molar-refractivity contribution is 7.99. The summed E-state index contributed by atoms with van der Waals surface area (Å²) in [5, 5.41) is 15.0. The fourth-order valence-electron chi connectivity index (χ4n) is 3.86. The summed E-state index contributed by atoms with van der Waals surface area (Å²) in [6.45, 7) is 12.8. The lowest BCUT2D eigenvalue weighted by molar-refractivity contribution is 0.0223. The second-order valence-electron chi connectivity index (χ2n) is 8.35. The quantitative estimate of drug-likeness (QED) is 0.392. The van der Waals surface area contributed by atoms with Crippen molar-refractivity contribution in [3.05, 3.63) is 48.6 Å². The van der Waals surface area contributed by atoms with Gasteiger partial charge < -0.3 is 19.3 Å². The van der Waals surface area contributed by atoms with E-state index in [4.69, 9.17) is 9.26 Å². The van der Waals surface area contributed by atoms with Gasteiger partial charge in [0.1, 0.15) is 5.69 Å². The monoisotopic (exact) mass is 445 g/mol. The number of rotatable bonds is 12. The first-order chi connectivity index (χ1) is 15.1. The van der Waals surface area contributed by atoms with Gasteiger partial charge in [0.05, 0.1) is 24.9 Å². The molecule has 1 atom stereocenters. The fraction of sp³-hybridized carbons (Fsp3) is 0.542. The molecule has 1 aliphatic heterocycles. The van der Waals surface area contributed by atoms with Crippen molar-refractivity contribution in [2.45, 2.75) is 26.5 Å². The van der Waals surface area contributed by atoms with Crippen LogP contribution in [0.15, 0.2) is 47.5 Å². The van der Waals surface area contributed by atoms with Crippen LogP contribution in [0.25, 0.3) is 11.3 Å². The number of hydrogen-bond acceptors (Lipinski definition) is 7. The van der Waals surface area contributed by atoms with Gasteiger partial charge in [0.2, 0.25) is 5.88 Å². The molecule has 0 saturated carbocycles. The minimum atomic E-state index is -0.562. The Kier molecular flexibility index (Phi) is 9.46. The van der Waals surface area contributed by atoms with E-state index in [1.165, 1.54) is 0 Å². The van der Waals surface area contributed by atoms with Crippen LogP contribution in [0.5, 0.6) is 0 Å². The molecule has 6 nitrogen and oxygen atoms in total. The molecule has 1 aromatic heterocycles. The SMILES string of the molecule is C=CCOC[C@@H](O)CN(Cc1c(-c2ccccc2)noc1N1CCSCC1)CC(C)C. The Balaban J connectivity index is 1.85. The van der Waals surface area contributed by atoms with Crippen molar-refractivity contribution >= 4 is 17.6 Å². The zero-order chi connectivity index (χ0) is 22.1. The van der Waals surface area contributed by atoms with E-state index in [0.717, 1.165) is 53.8 Å². The van der Waals surface area contributed by atoms with Crippen molar-refractivity contribution in [2.24, 2.45) is 5.92 Å². The molecule has 1 aliphatic rings. The Morgan fingerprint density at radius 3 is 2.68 bits per heavy atom. The van der Waals surface area contributed by atoms with Crippen LogP contribution in [-0.4, -0.2) is 72.2 Å². The average molecular weight is 446 g/mol. The van der Waals surface area contributed by atoms with Crippen LogP contribution >= 0.6 is 11.8 Å². The molecule has 1 N–H and O–H groups in total. The fourth-order valence-corrected chi connectivity index (χ4v) is 4.77. The van der Waals surface area contributed by atoms with Crippen molar-refractivity contribution in [1.29, 1.82) is 0 Å². The highest BCUT2D eigenvalue weighted by atomic mass is 32.2. The van der Waals surface area contributed by atoms with Crippen LogP contribution in [0, 0.1) is 5.92 Å².